The normalized spacial score (nSPS) is 8.92. The number of carbonyl (C=O) groups is 1. The summed E-state index contributed by atoms with van der Waals surface area (Å²) < 4.78 is 4.71. The summed E-state index contributed by atoms with van der Waals surface area (Å²) in [5.41, 5.74) is 0. The average Bonchev–Trinajstić information content (AvgIpc) is 2.53. The fourth-order valence-electron chi connectivity index (χ4n) is 0.653. The Hall–Kier alpha value is -1.83. The van der Waals surface area contributed by atoms with Crippen LogP contribution in [-0.2, 0) is 11.3 Å². The van der Waals surface area contributed by atoms with Crippen LogP contribution in [-0.4, -0.2) is 11.1 Å². The van der Waals surface area contributed by atoms with Crippen molar-refractivity contribution in [1.82, 2.24) is 10.5 Å². The number of nitriles is 1. The van der Waals surface area contributed by atoms with Crippen LogP contribution in [0, 0.1) is 11.3 Å². The number of nitrogens with zero attached hydrogens (tertiary/aromatic N) is 2. The first-order valence-electron chi connectivity index (χ1n) is 3.36. The molecule has 0 radical (unpaired) electrons. The van der Waals surface area contributed by atoms with Crippen molar-refractivity contribution in [2.75, 3.05) is 0 Å². The van der Waals surface area contributed by atoms with Gasteiger partial charge in [-0.25, -0.2) is 0 Å². The third-order valence-corrected chi connectivity index (χ3v) is 1.19. The second-order valence-corrected chi connectivity index (χ2v) is 2.09. The molecular formula is C7H7N3O2. The van der Waals surface area contributed by atoms with Gasteiger partial charge >= 0.3 is 0 Å². The molecule has 0 fully saturated rings. The smallest absolute Gasteiger partial charge is 0.234 e. The number of amides is 1. The minimum Gasteiger partial charge on any atom is -0.360 e. The van der Waals surface area contributed by atoms with Crippen molar-refractivity contribution >= 4 is 5.91 Å². The Bertz CT molecular complexity index is 286. The molecule has 0 aromatic carbocycles. The number of rotatable bonds is 3. The molecule has 0 aliphatic heterocycles. The Morgan fingerprint density at radius 2 is 2.67 bits per heavy atom. The molecule has 0 unspecified atom stereocenters. The van der Waals surface area contributed by atoms with Gasteiger partial charge in [0, 0.05) is 6.07 Å². The van der Waals surface area contributed by atoms with Gasteiger partial charge in [0.25, 0.3) is 0 Å². The van der Waals surface area contributed by atoms with E-state index in [4.69, 9.17) is 9.78 Å². The molecule has 5 heteroatoms. The zero-order valence-corrected chi connectivity index (χ0v) is 6.28. The lowest BCUT2D eigenvalue weighted by Gasteiger charge is -1.96. The predicted octanol–water partition coefficient (Wildman–Crippen LogP) is 0.204. The van der Waals surface area contributed by atoms with Gasteiger partial charge in [0.05, 0.1) is 18.8 Å². The van der Waals surface area contributed by atoms with Gasteiger partial charge in [0.2, 0.25) is 5.91 Å². The lowest BCUT2D eigenvalue weighted by molar-refractivity contribution is -0.120. The van der Waals surface area contributed by atoms with Gasteiger partial charge in [-0.3, -0.25) is 4.79 Å². The summed E-state index contributed by atoms with van der Waals surface area (Å²) in [6.45, 7) is 0.278. The molecule has 1 N–H and O–H groups in total. The fraction of sp³-hybridized carbons (Fsp3) is 0.286. The summed E-state index contributed by atoms with van der Waals surface area (Å²) in [5, 5.41) is 14.1. The second-order valence-electron chi connectivity index (χ2n) is 2.09. The van der Waals surface area contributed by atoms with Crippen LogP contribution in [0.4, 0.5) is 0 Å². The predicted molar refractivity (Wildman–Crippen MR) is 38.6 cm³/mol. The maximum absolute atomic E-state index is 10.7. The molecule has 0 bridgehead atoms. The van der Waals surface area contributed by atoms with Crippen molar-refractivity contribution in [2.45, 2.75) is 13.0 Å². The summed E-state index contributed by atoms with van der Waals surface area (Å²) in [6.07, 6.45) is 1.36. The summed E-state index contributed by atoms with van der Waals surface area (Å²) in [7, 11) is 0. The summed E-state index contributed by atoms with van der Waals surface area (Å²) in [5.74, 6) is 0.259. The highest BCUT2D eigenvalue weighted by atomic mass is 16.5. The van der Waals surface area contributed by atoms with Crippen molar-refractivity contribution in [1.29, 1.82) is 5.26 Å². The highest BCUT2D eigenvalue weighted by Gasteiger charge is 2.01. The first-order valence-corrected chi connectivity index (χ1v) is 3.36. The first-order chi connectivity index (χ1) is 5.83. The maximum Gasteiger partial charge on any atom is 0.234 e. The molecule has 0 saturated heterocycles. The number of aromatic nitrogens is 1. The summed E-state index contributed by atoms with van der Waals surface area (Å²) in [6, 6.07) is 3.38. The number of nitrogens with one attached hydrogen (secondary N) is 1. The van der Waals surface area contributed by atoms with E-state index in [-0.39, 0.29) is 18.9 Å². The molecule has 12 heavy (non-hydrogen) atoms. The topological polar surface area (TPSA) is 78.9 Å². The third kappa shape index (κ3) is 2.42. The number of hydrogen-bond donors (Lipinski definition) is 1. The van der Waals surface area contributed by atoms with Gasteiger partial charge in [-0.2, -0.15) is 5.26 Å². The monoisotopic (exact) mass is 165 g/mol. The molecule has 0 aliphatic rings. The molecule has 1 heterocycles. The van der Waals surface area contributed by atoms with Crippen molar-refractivity contribution in [2.24, 2.45) is 0 Å². The van der Waals surface area contributed by atoms with Crippen molar-refractivity contribution in [3.05, 3.63) is 18.0 Å². The SMILES string of the molecule is N#CCC(=O)NCc1ccno1. The molecule has 0 aliphatic carbocycles. The van der Waals surface area contributed by atoms with E-state index in [1.807, 2.05) is 0 Å². The quantitative estimate of drug-likeness (QED) is 0.694. The molecule has 1 rings (SSSR count). The van der Waals surface area contributed by atoms with E-state index in [1.165, 1.54) is 6.20 Å². The van der Waals surface area contributed by atoms with Crippen LogP contribution in [0.2, 0.25) is 0 Å². The highest BCUT2D eigenvalue weighted by molar-refractivity contribution is 5.77. The molecule has 0 atom stereocenters. The van der Waals surface area contributed by atoms with Crippen LogP contribution >= 0.6 is 0 Å². The van der Waals surface area contributed by atoms with E-state index in [2.05, 4.69) is 10.5 Å². The zero-order valence-electron chi connectivity index (χ0n) is 6.28. The standard InChI is InChI=1S/C7H7N3O2/c8-3-1-7(11)9-5-6-2-4-10-12-6/h2,4H,1,5H2,(H,9,11). The Labute approximate surface area is 69.0 Å². The van der Waals surface area contributed by atoms with E-state index in [0.717, 1.165) is 0 Å². The highest BCUT2D eigenvalue weighted by Crippen LogP contribution is 1.94. The van der Waals surface area contributed by atoms with Crippen LogP contribution < -0.4 is 5.32 Å². The van der Waals surface area contributed by atoms with Gasteiger partial charge in [-0.15, -0.1) is 0 Å². The Balaban J connectivity index is 2.28. The second kappa shape index (κ2) is 4.13. The maximum atomic E-state index is 10.7. The minimum absolute atomic E-state index is 0.131. The van der Waals surface area contributed by atoms with Gasteiger partial charge in [0.1, 0.15) is 6.42 Å². The fourth-order valence-corrected chi connectivity index (χ4v) is 0.653. The van der Waals surface area contributed by atoms with Gasteiger partial charge < -0.3 is 9.84 Å². The lowest BCUT2D eigenvalue weighted by atomic mass is 10.4. The molecule has 1 aromatic rings. The van der Waals surface area contributed by atoms with Crippen LogP contribution in [0.3, 0.4) is 0 Å². The van der Waals surface area contributed by atoms with Crippen molar-refractivity contribution < 1.29 is 9.32 Å². The van der Waals surface area contributed by atoms with Crippen LogP contribution in [0.15, 0.2) is 16.8 Å². The molecule has 0 spiro atoms. The van der Waals surface area contributed by atoms with Gasteiger partial charge in [-0.1, -0.05) is 5.16 Å². The van der Waals surface area contributed by atoms with Crippen LogP contribution in [0.5, 0.6) is 0 Å². The molecule has 1 amide bonds. The lowest BCUT2D eigenvalue weighted by Crippen LogP contribution is -2.21. The molecule has 5 nitrogen and oxygen atoms in total. The van der Waals surface area contributed by atoms with Gasteiger partial charge in [0.15, 0.2) is 5.76 Å². The third-order valence-electron chi connectivity index (χ3n) is 1.19. The largest absolute Gasteiger partial charge is 0.360 e. The van der Waals surface area contributed by atoms with Crippen molar-refractivity contribution in [3.63, 3.8) is 0 Å². The van der Waals surface area contributed by atoms with Crippen LogP contribution in [0.1, 0.15) is 12.2 Å². The molecular weight excluding hydrogens is 158 g/mol. The van der Waals surface area contributed by atoms with Crippen molar-refractivity contribution in [3.8, 4) is 6.07 Å². The number of carbonyl (C=O) groups excluding carboxylic acids is 1. The van der Waals surface area contributed by atoms with Gasteiger partial charge in [-0.05, 0) is 0 Å². The first kappa shape index (κ1) is 8.27. The number of hydrogen-bond acceptors (Lipinski definition) is 4. The van der Waals surface area contributed by atoms with E-state index >= 15 is 0 Å². The van der Waals surface area contributed by atoms with Crippen LogP contribution in [0.25, 0.3) is 0 Å². The Morgan fingerprint density at radius 1 is 1.83 bits per heavy atom. The van der Waals surface area contributed by atoms with E-state index in [9.17, 15) is 4.79 Å². The zero-order chi connectivity index (χ0) is 8.81. The van der Waals surface area contributed by atoms with E-state index in [1.54, 1.807) is 12.1 Å². The Morgan fingerprint density at radius 3 is 3.25 bits per heavy atom. The molecule has 0 saturated carbocycles. The minimum atomic E-state index is -0.311. The molecule has 1 aromatic heterocycles. The summed E-state index contributed by atoms with van der Waals surface area (Å²) >= 11 is 0. The Kier molecular flexibility index (Phi) is 2.85. The molecule has 62 valence electrons. The van der Waals surface area contributed by atoms with E-state index < -0.39 is 0 Å². The van der Waals surface area contributed by atoms with E-state index in [0.29, 0.717) is 5.76 Å². The average molecular weight is 165 g/mol. The summed E-state index contributed by atoms with van der Waals surface area (Å²) in [4.78, 5) is 10.7.